The first-order chi connectivity index (χ1) is 20.2. The average molecular weight is 565 g/mol. The van der Waals surface area contributed by atoms with Crippen LogP contribution in [0.1, 0.15) is 52.7 Å². The van der Waals surface area contributed by atoms with E-state index in [-0.39, 0.29) is 17.8 Å². The van der Waals surface area contributed by atoms with E-state index >= 15 is 0 Å². The number of hydrogen-bond donors (Lipinski definition) is 1. The molecule has 8 nitrogen and oxygen atoms in total. The van der Waals surface area contributed by atoms with E-state index in [4.69, 9.17) is 4.74 Å². The van der Waals surface area contributed by atoms with Crippen LogP contribution in [-0.2, 0) is 6.54 Å². The molecule has 5 aromatic rings. The number of benzene rings is 3. The van der Waals surface area contributed by atoms with Gasteiger partial charge in [0.25, 0.3) is 11.5 Å². The van der Waals surface area contributed by atoms with Crippen molar-refractivity contribution in [3.8, 4) is 17.2 Å². The number of fused-ring (bicyclic) bond motifs is 1. The highest BCUT2D eigenvalue weighted by Crippen LogP contribution is 2.46. The number of pyridine rings is 1. The van der Waals surface area contributed by atoms with Crippen LogP contribution in [0.25, 0.3) is 16.6 Å². The minimum Gasteiger partial charge on any atom is -0.456 e. The summed E-state index contributed by atoms with van der Waals surface area (Å²) in [5, 5.41) is 3.74. The van der Waals surface area contributed by atoms with Crippen molar-refractivity contribution in [3.05, 3.63) is 122 Å². The number of nitrogens with one attached hydrogen (secondary N) is 1. The lowest BCUT2D eigenvalue weighted by atomic mass is 10.1. The number of halogens is 1. The topological polar surface area (TPSA) is 95.2 Å². The molecule has 3 aromatic carbocycles. The summed E-state index contributed by atoms with van der Waals surface area (Å²) in [4.78, 5) is 44.2. The molecule has 0 saturated heterocycles. The number of carbonyl (C=O) groups excluding carboxylic acids is 1. The van der Waals surface area contributed by atoms with Crippen LogP contribution in [0.4, 0.5) is 10.1 Å². The van der Waals surface area contributed by atoms with Crippen LogP contribution in [0.2, 0.25) is 0 Å². The maximum absolute atomic E-state index is 13.5. The first-order valence-corrected chi connectivity index (χ1v) is 13.8. The second-order valence-corrected chi connectivity index (χ2v) is 10.6. The van der Waals surface area contributed by atoms with Crippen LogP contribution >= 0.6 is 0 Å². The third kappa shape index (κ3) is 5.09. The van der Waals surface area contributed by atoms with Crippen molar-refractivity contribution < 1.29 is 13.9 Å². The van der Waals surface area contributed by atoms with Crippen LogP contribution in [0.15, 0.2) is 82.6 Å². The number of hydrogen-bond acceptors (Lipinski definition) is 5. The number of rotatable bonds is 7. The number of aryl methyl sites for hydroxylation is 3. The van der Waals surface area contributed by atoms with E-state index in [0.717, 1.165) is 57.1 Å². The van der Waals surface area contributed by atoms with Crippen LogP contribution in [0.5, 0.6) is 11.5 Å². The lowest BCUT2D eigenvalue weighted by Gasteiger charge is -2.16. The second-order valence-electron chi connectivity index (χ2n) is 10.6. The zero-order valence-corrected chi connectivity index (χ0v) is 23.5. The normalized spacial score (nSPS) is 12.9. The van der Waals surface area contributed by atoms with Crippen molar-refractivity contribution in [3.63, 3.8) is 0 Å². The Labute approximate surface area is 241 Å². The van der Waals surface area contributed by atoms with Gasteiger partial charge in [0, 0.05) is 30.0 Å². The van der Waals surface area contributed by atoms with E-state index in [1.54, 1.807) is 19.2 Å². The Morgan fingerprint density at radius 2 is 1.74 bits per heavy atom. The lowest BCUT2D eigenvalue weighted by Crippen LogP contribution is -2.42. The number of aromatic nitrogens is 3. The van der Waals surface area contributed by atoms with E-state index in [1.807, 2.05) is 24.3 Å². The maximum Gasteiger partial charge on any atom is 0.335 e. The van der Waals surface area contributed by atoms with E-state index in [9.17, 15) is 18.8 Å². The molecule has 2 heterocycles. The minimum absolute atomic E-state index is 0.176. The highest BCUT2D eigenvalue weighted by Gasteiger charge is 2.28. The lowest BCUT2D eigenvalue weighted by molar-refractivity contribution is 0.102. The fourth-order valence-electron chi connectivity index (χ4n) is 5.02. The molecule has 212 valence electrons. The molecule has 6 rings (SSSR count). The molecule has 1 amide bonds. The molecular weight excluding hydrogens is 535 g/mol. The zero-order chi connectivity index (χ0) is 29.5. The van der Waals surface area contributed by atoms with Gasteiger partial charge in [0.2, 0.25) is 0 Å². The summed E-state index contributed by atoms with van der Waals surface area (Å²) in [5.74, 6) is 0.535. The SMILES string of the molecule is CCn1cc(C(=O)Nc2ccc(Oc3ccnc4cc(C)c(C)cc34)c(C3CC3)c2)c(=O)n(-c2ccc(F)cc2)c1=O. The molecule has 1 aliphatic carbocycles. The fourth-order valence-corrected chi connectivity index (χ4v) is 5.02. The summed E-state index contributed by atoms with van der Waals surface area (Å²) in [6.45, 7) is 6.08. The maximum atomic E-state index is 13.5. The minimum atomic E-state index is -0.786. The van der Waals surface area contributed by atoms with Crippen molar-refractivity contribution >= 4 is 22.5 Å². The van der Waals surface area contributed by atoms with Gasteiger partial charge in [-0.15, -0.1) is 0 Å². The summed E-state index contributed by atoms with van der Waals surface area (Å²) in [6.07, 6.45) is 5.00. The van der Waals surface area contributed by atoms with Gasteiger partial charge >= 0.3 is 5.69 Å². The van der Waals surface area contributed by atoms with Gasteiger partial charge in [-0.3, -0.25) is 19.1 Å². The molecule has 0 spiro atoms. The Kier molecular flexibility index (Phi) is 6.94. The molecule has 0 radical (unpaired) electrons. The Morgan fingerprint density at radius 1 is 1.00 bits per heavy atom. The number of carbonyl (C=O) groups is 1. The van der Waals surface area contributed by atoms with Crippen molar-refractivity contribution in [2.75, 3.05) is 5.32 Å². The van der Waals surface area contributed by atoms with Crippen molar-refractivity contribution in [2.24, 2.45) is 0 Å². The molecule has 0 bridgehead atoms. The second kappa shape index (κ2) is 10.7. The Hall–Kier alpha value is -5.05. The van der Waals surface area contributed by atoms with Crippen LogP contribution in [0, 0.1) is 19.7 Å². The molecule has 9 heteroatoms. The van der Waals surface area contributed by atoms with Gasteiger partial charge in [-0.25, -0.2) is 13.8 Å². The van der Waals surface area contributed by atoms with Gasteiger partial charge < -0.3 is 10.1 Å². The average Bonchev–Trinajstić information content (AvgIpc) is 3.82. The molecular formula is C33H29FN4O4. The molecule has 0 unspecified atom stereocenters. The Balaban J connectivity index is 1.33. The summed E-state index contributed by atoms with van der Waals surface area (Å²) in [6, 6.07) is 16.4. The van der Waals surface area contributed by atoms with Gasteiger partial charge in [-0.1, -0.05) is 0 Å². The fraction of sp³-hybridized carbons (Fsp3) is 0.212. The number of ether oxygens (including phenoxy) is 1. The van der Waals surface area contributed by atoms with E-state index in [0.29, 0.717) is 23.1 Å². The first kappa shape index (κ1) is 27.1. The molecule has 0 aliphatic heterocycles. The molecule has 1 N–H and O–H groups in total. The van der Waals surface area contributed by atoms with Crippen LogP contribution < -0.4 is 21.3 Å². The Bertz CT molecular complexity index is 1970. The van der Waals surface area contributed by atoms with Gasteiger partial charge in [0.15, 0.2) is 0 Å². The molecule has 1 aliphatic rings. The third-order valence-corrected chi connectivity index (χ3v) is 7.65. The molecule has 2 aromatic heterocycles. The molecule has 42 heavy (non-hydrogen) atoms. The summed E-state index contributed by atoms with van der Waals surface area (Å²) in [5.41, 5.74) is 3.19. The van der Waals surface area contributed by atoms with Crippen molar-refractivity contribution in [2.45, 2.75) is 46.1 Å². The predicted octanol–water partition coefficient (Wildman–Crippen LogP) is 6.25. The van der Waals surface area contributed by atoms with E-state index in [1.165, 1.54) is 22.9 Å². The monoisotopic (exact) mass is 564 g/mol. The van der Waals surface area contributed by atoms with Gasteiger partial charge in [-0.05, 0) is 117 Å². The molecule has 0 atom stereocenters. The van der Waals surface area contributed by atoms with Gasteiger partial charge in [0.05, 0.1) is 11.2 Å². The summed E-state index contributed by atoms with van der Waals surface area (Å²) in [7, 11) is 0. The highest BCUT2D eigenvalue weighted by molar-refractivity contribution is 6.04. The number of nitrogens with zero attached hydrogens (tertiary/aromatic N) is 3. The van der Waals surface area contributed by atoms with Crippen LogP contribution in [-0.4, -0.2) is 20.0 Å². The predicted molar refractivity (Wildman–Crippen MR) is 160 cm³/mol. The first-order valence-electron chi connectivity index (χ1n) is 13.8. The van der Waals surface area contributed by atoms with Gasteiger partial charge in [-0.2, -0.15) is 0 Å². The van der Waals surface area contributed by atoms with E-state index < -0.39 is 23.0 Å². The number of amides is 1. The van der Waals surface area contributed by atoms with Crippen LogP contribution in [0.3, 0.4) is 0 Å². The van der Waals surface area contributed by atoms with Crippen molar-refractivity contribution in [1.29, 1.82) is 0 Å². The van der Waals surface area contributed by atoms with Gasteiger partial charge in [0.1, 0.15) is 22.9 Å². The largest absolute Gasteiger partial charge is 0.456 e. The molecule has 1 saturated carbocycles. The molecule has 1 fully saturated rings. The summed E-state index contributed by atoms with van der Waals surface area (Å²) >= 11 is 0. The van der Waals surface area contributed by atoms with E-state index in [2.05, 4.69) is 30.2 Å². The van der Waals surface area contributed by atoms with Crippen molar-refractivity contribution in [1.82, 2.24) is 14.1 Å². The Morgan fingerprint density at radius 3 is 2.45 bits per heavy atom. The summed E-state index contributed by atoms with van der Waals surface area (Å²) < 4.78 is 22.1. The number of anilines is 1. The zero-order valence-electron chi connectivity index (χ0n) is 23.5. The standard InChI is InChI=1S/C33H29FN4O4/c1-4-37-18-27(32(40)38(33(37)41)24-10-7-22(34)8-11-24)31(39)36-23-9-12-29(25(17-23)21-5-6-21)42-30-13-14-35-28-16-20(3)19(2)15-26(28)30/h7-18,21H,4-6H2,1-3H3,(H,36,39). The smallest absolute Gasteiger partial charge is 0.335 e. The quantitative estimate of drug-likeness (QED) is 0.252. The highest BCUT2D eigenvalue weighted by atomic mass is 19.1. The third-order valence-electron chi connectivity index (χ3n) is 7.65.